The van der Waals surface area contributed by atoms with Crippen molar-refractivity contribution in [3.05, 3.63) is 29.3 Å². The van der Waals surface area contributed by atoms with Crippen molar-refractivity contribution in [3.8, 4) is 5.75 Å². The monoisotopic (exact) mass is 220 g/mol. The predicted octanol–water partition coefficient (Wildman–Crippen LogP) is 1.77. The van der Waals surface area contributed by atoms with Crippen LogP contribution < -0.4 is 4.74 Å². The predicted molar refractivity (Wildman–Crippen MR) is 60.8 cm³/mol. The van der Waals surface area contributed by atoms with E-state index < -0.39 is 5.60 Å². The number of benzene rings is 1. The molecule has 0 N–H and O–H groups in total. The van der Waals surface area contributed by atoms with Crippen molar-refractivity contribution in [2.24, 2.45) is 0 Å². The summed E-state index contributed by atoms with van der Waals surface area (Å²) in [6.45, 7) is 0. The number of hydrogen-bond donors (Lipinski definition) is 0. The van der Waals surface area contributed by atoms with Gasteiger partial charge in [-0.2, -0.15) is 0 Å². The first kappa shape index (κ1) is 11.1. The van der Waals surface area contributed by atoms with Gasteiger partial charge in [-0.15, -0.1) is 0 Å². The van der Waals surface area contributed by atoms with Crippen LogP contribution in [0.4, 0.5) is 0 Å². The van der Waals surface area contributed by atoms with Gasteiger partial charge in [0.2, 0.25) is 0 Å². The zero-order valence-corrected chi connectivity index (χ0v) is 9.66. The molecular formula is C13H16O3. The quantitative estimate of drug-likeness (QED) is 0.728. The van der Waals surface area contributed by atoms with E-state index in [-0.39, 0.29) is 0 Å². The van der Waals surface area contributed by atoms with Crippen LogP contribution in [0.1, 0.15) is 17.5 Å². The first-order chi connectivity index (χ1) is 7.74. The summed E-state index contributed by atoms with van der Waals surface area (Å²) in [4.78, 5) is 11.2. The molecule has 3 heteroatoms. The van der Waals surface area contributed by atoms with Crippen molar-refractivity contribution in [1.82, 2.24) is 0 Å². The van der Waals surface area contributed by atoms with E-state index in [1.165, 1.54) is 5.56 Å². The molecule has 0 aromatic heterocycles. The summed E-state index contributed by atoms with van der Waals surface area (Å²) in [7, 11) is 3.24. The van der Waals surface area contributed by atoms with Crippen molar-refractivity contribution >= 4 is 6.29 Å². The molecule has 0 fully saturated rings. The van der Waals surface area contributed by atoms with Crippen molar-refractivity contribution in [3.63, 3.8) is 0 Å². The minimum Gasteiger partial charge on any atom is -0.496 e. The molecule has 1 unspecified atom stereocenters. The first-order valence-electron chi connectivity index (χ1n) is 5.41. The molecule has 0 saturated carbocycles. The standard InChI is InChI=1S/C13H16O3/c1-15-12-5-3-4-10-6-7-13(9-14,16-2)8-11(10)12/h3-5,9H,6-8H2,1-2H3. The van der Waals surface area contributed by atoms with Gasteiger partial charge in [0.15, 0.2) is 6.29 Å². The molecule has 1 aliphatic carbocycles. The van der Waals surface area contributed by atoms with Crippen LogP contribution in [0.15, 0.2) is 18.2 Å². The number of aryl methyl sites for hydroxylation is 1. The maximum absolute atomic E-state index is 11.2. The maximum Gasteiger partial charge on any atom is 0.152 e. The molecule has 0 aliphatic heterocycles. The Hall–Kier alpha value is -1.35. The Morgan fingerprint density at radius 2 is 2.19 bits per heavy atom. The van der Waals surface area contributed by atoms with Crippen molar-refractivity contribution in [2.75, 3.05) is 14.2 Å². The van der Waals surface area contributed by atoms with Crippen LogP contribution >= 0.6 is 0 Å². The Morgan fingerprint density at radius 3 is 2.81 bits per heavy atom. The lowest BCUT2D eigenvalue weighted by Crippen LogP contribution is -2.39. The Morgan fingerprint density at radius 1 is 1.38 bits per heavy atom. The molecule has 1 aromatic carbocycles. The fourth-order valence-electron chi connectivity index (χ4n) is 2.29. The molecule has 0 bridgehead atoms. The molecule has 0 spiro atoms. The fourth-order valence-corrected chi connectivity index (χ4v) is 2.29. The van der Waals surface area contributed by atoms with E-state index in [2.05, 4.69) is 6.07 Å². The summed E-state index contributed by atoms with van der Waals surface area (Å²) in [5.41, 5.74) is 1.70. The number of carbonyl (C=O) groups excluding carboxylic acids is 1. The molecular weight excluding hydrogens is 204 g/mol. The number of methoxy groups -OCH3 is 2. The molecule has 1 aromatic rings. The van der Waals surface area contributed by atoms with Gasteiger partial charge in [0.05, 0.1) is 7.11 Å². The van der Waals surface area contributed by atoms with Gasteiger partial charge < -0.3 is 14.3 Å². The summed E-state index contributed by atoms with van der Waals surface area (Å²) in [5.74, 6) is 0.848. The molecule has 86 valence electrons. The Bertz CT molecular complexity index is 386. The topological polar surface area (TPSA) is 35.5 Å². The van der Waals surface area contributed by atoms with E-state index in [1.807, 2.05) is 12.1 Å². The largest absolute Gasteiger partial charge is 0.496 e. The Balaban J connectivity index is 2.41. The number of fused-ring (bicyclic) bond motifs is 1. The summed E-state index contributed by atoms with van der Waals surface area (Å²) in [6.07, 6.45) is 3.13. The lowest BCUT2D eigenvalue weighted by Gasteiger charge is -2.32. The summed E-state index contributed by atoms with van der Waals surface area (Å²) in [6, 6.07) is 6.00. The summed E-state index contributed by atoms with van der Waals surface area (Å²) in [5, 5.41) is 0. The van der Waals surface area contributed by atoms with Crippen LogP contribution in [0.3, 0.4) is 0 Å². The molecule has 0 radical (unpaired) electrons. The third-order valence-corrected chi connectivity index (χ3v) is 3.36. The number of carbonyl (C=O) groups is 1. The Kier molecular flexibility index (Phi) is 2.97. The van der Waals surface area contributed by atoms with Crippen LogP contribution in [-0.4, -0.2) is 26.1 Å². The third kappa shape index (κ3) is 1.71. The van der Waals surface area contributed by atoms with Crippen LogP contribution in [0.25, 0.3) is 0 Å². The van der Waals surface area contributed by atoms with Gasteiger partial charge in [0.1, 0.15) is 11.4 Å². The van der Waals surface area contributed by atoms with E-state index in [4.69, 9.17) is 9.47 Å². The highest BCUT2D eigenvalue weighted by Gasteiger charge is 2.35. The molecule has 0 saturated heterocycles. The molecule has 16 heavy (non-hydrogen) atoms. The van der Waals surface area contributed by atoms with Gasteiger partial charge >= 0.3 is 0 Å². The molecule has 1 atom stereocenters. The Labute approximate surface area is 95.4 Å². The zero-order valence-electron chi connectivity index (χ0n) is 9.66. The third-order valence-electron chi connectivity index (χ3n) is 3.36. The van der Waals surface area contributed by atoms with Crippen molar-refractivity contribution in [2.45, 2.75) is 24.9 Å². The minimum absolute atomic E-state index is 0.604. The fraction of sp³-hybridized carbons (Fsp3) is 0.462. The van der Waals surface area contributed by atoms with Crippen LogP contribution in [-0.2, 0) is 22.4 Å². The lowest BCUT2D eigenvalue weighted by molar-refractivity contribution is -0.128. The normalized spacial score (nSPS) is 23.6. The summed E-state index contributed by atoms with van der Waals surface area (Å²) < 4.78 is 10.7. The van der Waals surface area contributed by atoms with Gasteiger partial charge in [-0.25, -0.2) is 0 Å². The number of hydrogen-bond acceptors (Lipinski definition) is 3. The smallest absolute Gasteiger partial charge is 0.152 e. The minimum atomic E-state index is -0.665. The van der Waals surface area contributed by atoms with E-state index in [1.54, 1.807) is 14.2 Å². The second-order valence-corrected chi connectivity index (χ2v) is 4.16. The SMILES string of the molecule is COc1cccc2c1CC(C=O)(OC)CC2. The van der Waals surface area contributed by atoms with Gasteiger partial charge in [0, 0.05) is 19.1 Å². The van der Waals surface area contributed by atoms with E-state index >= 15 is 0 Å². The average molecular weight is 220 g/mol. The van der Waals surface area contributed by atoms with Crippen LogP contribution in [0, 0.1) is 0 Å². The second kappa shape index (κ2) is 4.26. The van der Waals surface area contributed by atoms with Gasteiger partial charge in [-0.05, 0) is 24.5 Å². The average Bonchev–Trinajstić information content (AvgIpc) is 2.37. The van der Waals surface area contributed by atoms with E-state index in [0.717, 1.165) is 30.4 Å². The lowest BCUT2D eigenvalue weighted by atomic mass is 9.81. The number of aldehydes is 1. The molecule has 0 heterocycles. The van der Waals surface area contributed by atoms with E-state index in [0.29, 0.717) is 6.42 Å². The highest BCUT2D eigenvalue weighted by Crippen LogP contribution is 2.35. The summed E-state index contributed by atoms with van der Waals surface area (Å²) >= 11 is 0. The number of rotatable bonds is 3. The van der Waals surface area contributed by atoms with Crippen molar-refractivity contribution in [1.29, 1.82) is 0 Å². The van der Waals surface area contributed by atoms with E-state index in [9.17, 15) is 4.79 Å². The van der Waals surface area contributed by atoms with Crippen LogP contribution in [0.2, 0.25) is 0 Å². The van der Waals surface area contributed by atoms with Gasteiger partial charge in [-0.1, -0.05) is 12.1 Å². The first-order valence-corrected chi connectivity index (χ1v) is 5.41. The molecule has 0 amide bonds. The number of ether oxygens (including phenoxy) is 2. The van der Waals surface area contributed by atoms with Gasteiger partial charge in [-0.3, -0.25) is 0 Å². The van der Waals surface area contributed by atoms with Crippen LogP contribution in [0.5, 0.6) is 5.75 Å². The van der Waals surface area contributed by atoms with Gasteiger partial charge in [0.25, 0.3) is 0 Å². The molecule has 1 aliphatic rings. The zero-order chi connectivity index (χ0) is 11.6. The molecule has 2 rings (SSSR count). The van der Waals surface area contributed by atoms with Crippen molar-refractivity contribution < 1.29 is 14.3 Å². The molecule has 3 nitrogen and oxygen atoms in total. The highest BCUT2D eigenvalue weighted by molar-refractivity contribution is 5.65. The maximum atomic E-state index is 11.2. The highest BCUT2D eigenvalue weighted by atomic mass is 16.5. The second-order valence-electron chi connectivity index (χ2n) is 4.16.